The first kappa shape index (κ1) is 25.7. The summed E-state index contributed by atoms with van der Waals surface area (Å²) in [6.07, 6.45) is 6.45. The van der Waals surface area contributed by atoms with Gasteiger partial charge < -0.3 is 15.1 Å². The Kier molecular flexibility index (Phi) is 7.04. The van der Waals surface area contributed by atoms with Crippen molar-refractivity contribution < 1.29 is 13.2 Å². The Balaban J connectivity index is 1.32. The summed E-state index contributed by atoms with van der Waals surface area (Å²) in [5.74, 6) is 0.507. The maximum atomic E-state index is 12.6. The topological polar surface area (TPSA) is 121 Å². The largest absolute Gasteiger partial charge is 0.355 e. The van der Waals surface area contributed by atoms with Crippen molar-refractivity contribution in [3.05, 3.63) is 72.3 Å². The lowest BCUT2D eigenvalue weighted by atomic mass is 10.2. The first-order chi connectivity index (χ1) is 18.2. The smallest absolute Gasteiger partial charge is 0.253 e. The highest BCUT2D eigenvalue weighted by Gasteiger charge is 2.25. The van der Waals surface area contributed by atoms with E-state index in [1.54, 1.807) is 6.20 Å². The zero-order chi connectivity index (χ0) is 26.9. The van der Waals surface area contributed by atoms with Crippen molar-refractivity contribution in [3.63, 3.8) is 0 Å². The molecule has 1 saturated heterocycles. The molecule has 0 spiro atoms. The quantitative estimate of drug-likeness (QED) is 0.383. The molecule has 0 aliphatic carbocycles. The molecule has 1 amide bonds. The third-order valence-corrected chi connectivity index (χ3v) is 7.76. The summed E-state index contributed by atoms with van der Waals surface area (Å²) in [5.41, 5.74) is 3.07. The van der Waals surface area contributed by atoms with Gasteiger partial charge in [0.2, 0.25) is 0 Å². The van der Waals surface area contributed by atoms with Gasteiger partial charge in [0.15, 0.2) is 9.84 Å². The van der Waals surface area contributed by atoms with Crippen LogP contribution in [0.2, 0.25) is 0 Å². The Hall–Kier alpha value is -3.96. The average molecular weight is 532 g/mol. The lowest BCUT2D eigenvalue weighted by molar-refractivity contribution is 0.0950. The SMILES string of the molecule is CN(C)C1CCN(c2cccc(-c3ccc4cnc(CNC(=O)c5cncc(S(C)(=O)=O)c5)cc4n3)n2)C1. The number of carbonyl (C=O) groups is 1. The van der Waals surface area contributed by atoms with E-state index in [9.17, 15) is 13.2 Å². The third-order valence-electron chi connectivity index (χ3n) is 6.68. The number of amides is 1. The molecule has 5 rings (SSSR count). The van der Waals surface area contributed by atoms with Gasteiger partial charge >= 0.3 is 0 Å². The number of fused-ring (bicyclic) bond motifs is 1. The second-order valence-corrected chi connectivity index (χ2v) is 11.7. The van der Waals surface area contributed by atoms with E-state index in [1.807, 2.05) is 36.4 Å². The number of nitrogens with zero attached hydrogens (tertiary/aromatic N) is 6. The molecule has 38 heavy (non-hydrogen) atoms. The molecule has 4 aromatic heterocycles. The fraction of sp³-hybridized carbons (Fsp3) is 0.296. The zero-order valence-corrected chi connectivity index (χ0v) is 22.3. The molecule has 1 N–H and O–H groups in total. The van der Waals surface area contributed by atoms with Gasteiger partial charge in [-0.3, -0.25) is 14.8 Å². The maximum Gasteiger partial charge on any atom is 0.253 e. The first-order valence-corrected chi connectivity index (χ1v) is 14.1. The molecule has 0 saturated carbocycles. The Morgan fingerprint density at radius 3 is 2.66 bits per heavy atom. The van der Waals surface area contributed by atoms with E-state index in [0.29, 0.717) is 11.7 Å². The number of carbonyl (C=O) groups excluding carboxylic acids is 1. The average Bonchev–Trinajstić information content (AvgIpc) is 3.42. The summed E-state index contributed by atoms with van der Waals surface area (Å²) in [6, 6.07) is 13.6. The van der Waals surface area contributed by atoms with Crippen molar-refractivity contribution in [2.24, 2.45) is 0 Å². The van der Waals surface area contributed by atoms with Gasteiger partial charge in [-0.25, -0.2) is 18.4 Å². The summed E-state index contributed by atoms with van der Waals surface area (Å²) in [5, 5.41) is 3.64. The van der Waals surface area contributed by atoms with E-state index in [2.05, 4.69) is 39.2 Å². The molecular formula is C27H29N7O3S. The van der Waals surface area contributed by atoms with Crippen LogP contribution in [0.25, 0.3) is 22.3 Å². The number of hydrogen-bond acceptors (Lipinski definition) is 9. The highest BCUT2D eigenvalue weighted by atomic mass is 32.2. The summed E-state index contributed by atoms with van der Waals surface area (Å²) >= 11 is 0. The maximum absolute atomic E-state index is 12.6. The molecular weight excluding hydrogens is 502 g/mol. The molecule has 1 atom stereocenters. The molecule has 196 valence electrons. The van der Waals surface area contributed by atoms with Crippen LogP contribution in [0.15, 0.2) is 66.0 Å². The Morgan fingerprint density at radius 2 is 1.89 bits per heavy atom. The van der Waals surface area contributed by atoms with E-state index < -0.39 is 15.7 Å². The molecule has 10 nitrogen and oxygen atoms in total. The van der Waals surface area contributed by atoms with Crippen LogP contribution in [0.4, 0.5) is 5.82 Å². The summed E-state index contributed by atoms with van der Waals surface area (Å²) in [6.45, 7) is 2.07. The van der Waals surface area contributed by atoms with Crippen molar-refractivity contribution in [1.82, 2.24) is 30.2 Å². The third kappa shape index (κ3) is 5.63. The highest BCUT2D eigenvalue weighted by Crippen LogP contribution is 2.25. The van der Waals surface area contributed by atoms with Crippen LogP contribution in [-0.2, 0) is 16.4 Å². The van der Waals surface area contributed by atoms with Gasteiger partial charge in [0, 0.05) is 49.4 Å². The molecule has 0 radical (unpaired) electrons. The van der Waals surface area contributed by atoms with Gasteiger partial charge in [0.05, 0.1) is 39.6 Å². The second-order valence-electron chi connectivity index (χ2n) is 9.66. The number of likely N-dealkylation sites (N-methyl/N-ethyl adjacent to an activating group) is 1. The fourth-order valence-electron chi connectivity index (χ4n) is 4.43. The molecule has 1 fully saturated rings. The lowest BCUT2D eigenvalue weighted by Crippen LogP contribution is -2.31. The number of anilines is 1. The van der Waals surface area contributed by atoms with Crippen LogP contribution in [-0.4, -0.2) is 78.6 Å². The number of sulfone groups is 1. The minimum Gasteiger partial charge on any atom is -0.355 e. The minimum atomic E-state index is -3.46. The van der Waals surface area contributed by atoms with E-state index in [1.165, 1.54) is 18.5 Å². The van der Waals surface area contributed by atoms with Crippen LogP contribution in [0, 0.1) is 0 Å². The molecule has 5 heterocycles. The predicted molar refractivity (Wildman–Crippen MR) is 146 cm³/mol. The normalized spacial score (nSPS) is 15.8. The van der Waals surface area contributed by atoms with E-state index in [-0.39, 0.29) is 17.0 Å². The number of pyridine rings is 4. The monoisotopic (exact) mass is 531 g/mol. The molecule has 4 aromatic rings. The van der Waals surface area contributed by atoms with Crippen molar-refractivity contribution in [1.29, 1.82) is 0 Å². The molecule has 0 bridgehead atoms. The second kappa shape index (κ2) is 10.4. The molecule has 0 aromatic carbocycles. The summed E-state index contributed by atoms with van der Waals surface area (Å²) < 4.78 is 23.5. The van der Waals surface area contributed by atoms with Crippen LogP contribution < -0.4 is 10.2 Å². The van der Waals surface area contributed by atoms with Gasteiger partial charge in [-0.15, -0.1) is 0 Å². The Labute approximate surface area is 221 Å². The Morgan fingerprint density at radius 1 is 1.08 bits per heavy atom. The summed E-state index contributed by atoms with van der Waals surface area (Å²) in [4.78, 5) is 35.2. The summed E-state index contributed by atoms with van der Waals surface area (Å²) in [7, 11) is 0.757. The molecule has 1 unspecified atom stereocenters. The van der Waals surface area contributed by atoms with Crippen molar-refractivity contribution >= 4 is 32.5 Å². The van der Waals surface area contributed by atoms with Gasteiger partial charge in [-0.2, -0.15) is 0 Å². The van der Waals surface area contributed by atoms with E-state index >= 15 is 0 Å². The van der Waals surface area contributed by atoms with Gasteiger partial charge in [-0.1, -0.05) is 6.07 Å². The van der Waals surface area contributed by atoms with Gasteiger partial charge in [0.1, 0.15) is 5.82 Å². The number of aromatic nitrogens is 4. The molecule has 1 aliphatic heterocycles. The van der Waals surface area contributed by atoms with Gasteiger partial charge in [-0.05, 0) is 56.9 Å². The minimum absolute atomic E-state index is 0.00867. The first-order valence-electron chi connectivity index (χ1n) is 12.3. The van der Waals surface area contributed by atoms with E-state index in [4.69, 9.17) is 9.97 Å². The van der Waals surface area contributed by atoms with Crippen molar-refractivity contribution in [3.8, 4) is 11.4 Å². The lowest BCUT2D eigenvalue weighted by Gasteiger charge is -2.21. The van der Waals surface area contributed by atoms with Crippen LogP contribution in [0.5, 0.6) is 0 Å². The number of rotatable bonds is 7. The Bertz CT molecular complexity index is 1610. The number of nitrogens with one attached hydrogen (secondary N) is 1. The van der Waals surface area contributed by atoms with Crippen molar-refractivity contribution in [2.45, 2.75) is 23.9 Å². The predicted octanol–water partition coefficient (Wildman–Crippen LogP) is 2.56. The van der Waals surface area contributed by atoms with Crippen LogP contribution >= 0.6 is 0 Å². The van der Waals surface area contributed by atoms with Crippen LogP contribution in [0.1, 0.15) is 22.5 Å². The number of hydrogen-bond donors (Lipinski definition) is 1. The zero-order valence-electron chi connectivity index (χ0n) is 21.5. The molecule has 1 aliphatic rings. The highest BCUT2D eigenvalue weighted by molar-refractivity contribution is 7.90. The standard InChI is InChI=1S/C27H29N7O3S/c1-33(2)21-9-10-34(17-21)26-6-4-5-23(32-26)24-8-7-18-14-29-20(12-25(18)31-24)15-30-27(35)19-11-22(16-28-13-19)38(3,36)37/h4-8,11-14,16,21H,9-10,15,17H2,1-3H3,(H,30,35). The van der Waals surface area contributed by atoms with Crippen molar-refractivity contribution in [2.75, 3.05) is 38.3 Å². The van der Waals surface area contributed by atoms with E-state index in [0.717, 1.165) is 53.9 Å². The molecule has 11 heteroatoms. The van der Waals surface area contributed by atoms with Crippen LogP contribution in [0.3, 0.4) is 0 Å². The van der Waals surface area contributed by atoms with Gasteiger partial charge in [0.25, 0.3) is 5.91 Å². The fourth-order valence-corrected chi connectivity index (χ4v) is 5.02.